The van der Waals surface area contributed by atoms with Crippen molar-refractivity contribution >= 4 is 0 Å². The molecule has 0 amide bonds. The second-order valence-corrected chi connectivity index (χ2v) is 3.91. The maximum atomic E-state index is 9.79. The molecule has 1 heterocycles. The van der Waals surface area contributed by atoms with Gasteiger partial charge in [-0.25, -0.2) is 0 Å². The van der Waals surface area contributed by atoms with Crippen molar-refractivity contribution < 1.29 is 9.84 Å². The van der Waals surface area contributed by atoms with Crippen LogP contribution < -0.4 is 0 Å². The molecule has 16 heavy (non-hydrogen) atoms. The van der Waals surface area contributed by atoms with Crippen molar-refractivity contribution in [2.75, 3.05) is 0 Å². The highest BCUT2D eigenvalue weighted by atomic mass is 16.6. The summed E-state index contributed by atoms with van der Waals surface area (Å²) < 4.78 is 5.57. The van der Waals surface area contributed by atoms with Crippen molar-refractivity contribution in [3.63, 3.8) is 0 Å². The molecule has 2 heteroatoms. The summed E-state index contributed by atoms with van der Waals surface area (Å²) in [4.78, 5) is 0. The van der Waals surface area contributed by atoms with E-state index in [9.17, 15) is 5.11 Å². The van der Waals surface area contributed by atoms with Crippen LogP contribution >= 0.6 is 0 Å². The lowest BCUT2D eigenvalue weighted by Gasteiger charge is -2.11. The van der Waals surface area contributed by atoms with E-state index in [0.29, 0.717) is 0 Å². The Kier molecular flexibility index (Phi) is 2.24. The van der Waals surface area contributed by atoms with Crippen molar-refractivity contribution in [1.82, 2.24) is 0 Å². The summed E-state index contributed by atoms with van der Waals surface area (Å²) in [5.74, 6) is 0. The quantitative estimate of drug-likeness (QED) is 0.787. The van der Waals surface area contributed by atoms with Crippen molar-refractivity contribution in [2.24, 2.45) is 0 Å². The van der Waals surface area contributed by atoms with Crippen LogP contribution in [0.1, 0.15) is 29.1 Å². The van der Waals surface area contributed by atoms with Crippen LogP contribution in [0.4, 0.5) is 0 Å². The molecule has 0 saturated heterocycles. The zero-order valence-corrected chi connectivity index (χ0v) is 8.71. The van der Waals surface area contributed by atoms with Crippen molar-refractivity contribution in [3.05, 3.63) is 71.3 Å². The first-order chi connectivity index (χ1) is 7.86. The molecule has 0 radical (unpaired) electrons. The van der Waals surface area contributed by atoms with Crippen LogP contribution in [0.5, 0.6) is 0 Å². The minimum atomic E-state index is -0.804. The first-order valence-electron chi connectivity index (χ1n) is 5.33. The van der Waals surface area contributed by atoms with E-state index in [1.54, 1.807) is 0 Å². The van der Waals surface area contributed by atoms with Gasteiger partial charge in [-0.2, -0.15) is 0 Å². The van der Waals surface area contributed by atoms with Gasteiger partial charge in [-0.3, -0.25) is 0 Å². The largest absolute Gasteiger partial charge is 0.364 e. The zero-order valence-electron chi connectivity index (χ0n) is 8.71. The number of ether oxygens (including phenoxy) is 1. The van der Waals surface area contributed by atoms with Crippen LogP contribution in [-0.2, 0) is 4.74 Å². The number of aliphatic hydroxyl groups excluding tert-OH is 1. The molecule has 0 unspecified atom stereocenters. The third-order valence-electron chi connectivity index (χ3n) is 2.91. The van der Waals surface area contributed by atoms with Crippen LogP contribution in [0.25, 0.3) is 0 Å². The molecule has 0 aliphatic carbocycles. The van der Waals surface area contributed by atoms with Gasteiger partial charge in [0.05, 0.1) is 0 Å². The molecule has 0 saturated carbocycles. The van der Waals surface area contributed by atoms with E-state index in [4.69, 9.17) is 4.74 Å². The summed E-state index contributed by atoms with van der Waals surface area (Å²) >= 11 is 0. The van der Waals surface area contributed by atoms with Crippen molar-refractivity contribution in [2.45, 2.75) is 12.4 Å². The number of hydrogen-bond donors (Lipinski definition) is 1. The highest BCUT2D eigenvalue weighted by Crippen LogP contribution is 2.40. The predicted molar refractivity (Wildman–Crippen MR) is 60.8 cm³/mol. The van der Waals surface area contributed by atoms with E-state index in [0.717, 1.165) is 16.7 Å². The Labute approximate surface area is 94.1 Å². The van der Waals surface area contributed by atoms with Crippen molar-refractivity contribution in [1.29, 1.82) is 0 Å². The molecule has 2 atom stereocenters. The van der Waals surface area contributed by atoms with Gasteiger partial charge in [0.25, 0.3) is 0 Å². The first kappa shape index (κ1) is 9.58. The monoisotopic (exact) mass is 212 g/mol. The molecule has 2 aromatic rings. The molecule has 0 aromatic heterocycles. The number of rotatable bonds is 1. The Morgan fingerprint density at radius 2 is 1.44 bits per heavy atom. The summed E-state index contributed by atoms with van der Waals surface area (Å²) in [6, 6.07) is 17.7. The number of aliphatic hydroxyl groups is 1. The second kappa shape index (κ2) is 3.74. The Hall–Kier alpha value is -1.64. The van der Waals surface area contributed by atoms with Gasteiger partial charge in [-0.1, -0.05) is 54.6 Å². The normalized spacial score (nSPS) is 23.1. The summed E-state index contributed by atoms with van der Waals surface area (Å²) in [6.07, 6.45) is -0.950. The highest BCUT2D eigenvalue weighted by molar-refractivity contribution is 5.39. The van der Waals surface area contributed by atoms with E-state index in [1.165, 1.54) is 0 Å². The molecule has 3 rings (SSSR count). The van der Waals surface area contributed by atoms with E-state index >= 15 is 0 Å². The molecular formula is C14H12O2. The van der Waals surface area contributed by atoms with Gasteiger partial charge in [-0.15, -0.1) is 0 Å². The summed E-state index contributed by atoms with van der Waals surface area (Å²) in [6.45, 7) is 0. The molecule has 2 nitrogen and oxygen atoms in total. The molecular weight excluding hydrogens is 200 g/mol. The maximum Gasteiger partial charge on any atom is 0.182 e. The van der Waals surface area contributed by atoms with Gasteiger partial charge in [0.2, 0.25) is 0 Å². The lowest BCUT2D eigenvalue weighted by atomic mass is 9.99. The zero-order chi connectivity index (χ0) is 11.0. The maximum absolute atomic E-state index is 9.79. The average Bonchev–Trinajstić information content (AvgIpc) is 2.69. The molecule has 2 aromatic carbocycles. The summed E-state index contributed by atoms with van der Waals surface area (Å²) in [7, 11) is 0. The van der Waals surface area contributed by atoms with Gasteiger partial charge in [0, 0.05) is 5.56 Å². The fourth-order valence-electron chi connectivity index (χ4n) is 2.14. The lowest BCUT2D eigenvalue weighted by molar-refractivity contribution is -0.109. The molecule has 1 aliphatic rings. The van der Waals surface area contributed by atoms with Crippen LogP contribution in [-0.4, -0.2) is 5.11 Å². The van der Waals surface area contributed by atoms with E-state index < -0.39 is 6.29 Å². The molecule has 0 fully saturated rings. The number of fused-ring (bicyclic) bond motifs is 1. The standard InChI is InChI=1S/C14H12O2/c15-14-12-9-5-4-8-11(12)13(16-14)10-6-2-1-3-7-10/h1-9,13-15H/t13-,14-/m1/s1. The summed E-state index contributed by atoms with van der Waals surface area (Å²) in [5, 5.41) is 9.79. The Morgan fingerprint density at radius 3 is 2.19 bits per heavy atom. The van der Waals surface area contributed by atoms with Crippen LogP contribution in [0.3, 0.4) is 0 Å². The van der Waals surface area contributed by atoms with Gasteiger partial charge in [0.1, 0.15) is 6.10 Å². The van der Waals surface area contributed by atoms with E-state index in [-0.39, 0.29) is 6.10 Å². The third-order valence-corrected chi connectivity index (χ3v) is 2.91. The topological polar surface area (TPSA) is 29.5 Å². The molecule has 0 bridgehead atoms. The fraction of sp³-hybridized carbons (Fsp3) is 0.143. The average molecular weight is 212 g/mol. The Balaban J connectivity index is 2.07. The minimum Gasteiger partial charge on any atom is -0.364 e. The first-order valence-corrected chi connectivity index (χ1v) is 5.33. The smallest absolute Gasteiger partial charge is 0.182 e. The van der Waals surface area contributed by atoms with Gasteiger partial charge in [-0.05, 0) is 11.1 Å². The molecule has 0 spiro atoms. The lowest BCUT2D eigenvalue weighted by Crippen LogP contribution is -1.99. The Morgan fingerprint density at radius 1 is 0.812 bits per heavy atom. The molecule has 1 aliphatic heterocycles. The third kappa shape index (κ3) is 1.43. The van der Waals surface area contributed by atoms with Crippen molar-refractivity contribution in [3.8, 4) is 0 Å². The van der Waals surface area contributed by atoms with Gasteiger partial charge < -0.3 is 9.84 Å². The number of hydrogen-bond acceptors (Lipinski definition) is 2. The Bertz CT molecular complexity index is 493. The molecule has 1 N–H and O–H groups in total. The van der Waals surface area contributed by atoms with E-state index in [2.05, 4.69) is 0 Å². The number of benzene rings is 2. The SMILES string of the molecule is O[C@@H]1O[C@H](c2ccccc2)c2ccccc21. The second-order valence-electron chi connectivity index (χ2n) is 3.91. The van der Waals surface area contributed by atoms with E-state index in [1.807, 2.05) is 54.6 Å². The predicted octanol–water partition coefficient (Wildman–Crippen LogP) is 2.80. The van der Waals surface area contributed by atoms with Crippen LogP contribution in [0.15, 0.2) is 54.6 Å². The van der Waals surface area contributed by atoms with Gasteiger partial charge in [0.15, 0.2) is 6.29 Å². The summed E-state index contributed by atoms with van der Waals surface area (Å²) in [5.41, 5.74) is 3.00. The molecule has 80 valence electrons. The van der Waals surface area contributed by atoms with Gasteiger partial charge >= 0.3 is 0 Å². The highest BCUT2D eigenvalue weighted by Gasteiger charge is 2.30. The minimum absolute atomic E-state index is 0.146. The van der Waals surface area contributed by atoms with Crippen LogP contribution in [0, 0.1) is 0 Å². The fourth-order valence-corrected chi connectivity index (χ4v) is 2.14. The van der Waals surface area contributed by atoms with Crippen LogP contribution in [0.2, 0.25) is 0 Å².